The van der Waals surface area contributed by atoms with Gasteiger partial charge in [0.25, 0.3) is 5.69 Å². The summed E-state index contributed by atoms with van der Waals surface area (Å²) in [5, 5.41) is 12.4. The number of nitrogens with two attached hydrogens (primary N) is 1. The molecule has 0 aliphatic rings. The molecule has 2 N–H and O–H groups in total. The fourth-order valence-corrected chi connectivity index (χ4v) is 1.96. The summed E-state index contributed by atoms with van der Waals surface area (Å²) >= 11 is 0. The van der Waals surface area contributed by atoms with Crippen LogP contribution in [-0.2, 0) is 0 Å². The minimum absolute atomic E-state index is 0.00218. The highest BCUT2D eigenvalue weighted by Crippen LogP contribution is 2.28. The summed E-state index contributed by atoms with van der Waals surface area (Å²) in [6.07, 6.45) is 1.64. The molecule has 2 aromatic heterocycles. The third kappa shape index (κ3) is 1.43. The third-order valence-electron chi connectivity index (χ3n) is 2.77. The molecule has 0 atom stereocenters. The standard InChI is InChI=1S/C12H8N4O2/c13-12-11-9(2-1-5-14-11)8-4-3-7(16(17)18)6-10(8)15-12/h1-6H,(H2,13,15). The molecule has 0 aliphatic carbocycles. The summed E-state index contributed by atoms with van der Waals surface area (Å²) < 4.78 is 0. The van der Waals surface area contributed by atoms with E-state index in [9.17, 15) is 10.1 Å². The van der Waals surface area contributed by atoms with Gasteiger partial charge >= 0.3 is 0 Å². The van der Waals surface area contributed by atoms with E-state index in [2.05, 4.69) is 9.97 Å². The Morgan fingerprint density at radius 1 is 1.22 bits per heavy atom. The van der Waals surface area contributed by atoms with E-state index in [1.165, 1.54) is 12.1 Å². The van der Waals surface area contributed by atoms with Gasteiger partial charge in [0.15, 0.2) is 5.82 Å². The normalized spacial score (nSPS) is 10.9. The van der Waals surface area contributed by atoms with Gasteiger partial charge in [-0.05, 0) is 12.1 Å². The predicted octanol–water partition coefficient (Wildman–Crippen LogP) is 2.27. The van der Waals surface area contributed by atoms with E-state index in [1.54, 1.807) is 18.3 Å². The van der Waals surface area contributed by atoms with Gasteiger partial charge in [0.1, 0.15) is 5.52 Å². The maximum atomic E-state index is 10.7. The summed E-state index contributed by atoms with van der Waals surface area (Å²) in [6, 6.07) is 8.20. The smallest absolute Gasteiger partial charge is 0.271 e. The van der Waals surface area contributed by atoms with Gasteiger partial charge < -0.3 is 5.73 Å². The lowest BCUT2D eigenvalue weighted by atomic mass is 10.1. The number of fused-ring (bicyclic) bond motifs is 3. The van der Waals surface area contributed by atoms with Crippen LogP contribution in [0, 0.1) is 10.1 Å². The van der Waals surface area contributed by atoms with Gasteiger partial charge in [0.2, 0.25) is 0 Å². The second kappa shape index (κ2) is 3.63. The molecule has 0 bridgehead atoms. The Morgan fingerprint density at radius 3 is 2.83 bits per heavy atom. The van der Waals surface area contributed by atoms with Crippen molar-refractivity contribution in [1.29, 1.82) is 0 Å². The number of rotatable bonds is 1. The van der Waals surface area contributed by atoms with E-state index in [-0.39, 0.29) is 11.5 Å². The van der Waals surface area contributed by atoms with Crippen LogP contribution in [0.25, 0.3) is 21.8 Å². The van der Waals surface area contributed by atoms with Gasteiger partial charge in [-0.15, -0.1) is 0 Å². The third-order valence-corrected chi connectivity index (χ3v) is 2.77. The van der Waals surface area contributed by atoms with Gasteiger partial charge in [0.05, 0.1) is 10.4 Å². The zero-order chi connectivity index (χ0) is 12.7. The molecule has 18 heavy (non-hydrogen) atoms. The highest BCUT2D eigenvalue weighted by atomic mass is 16.6. The summed E-state index contributed by atoms with van der Waals surface area (Å²) in [6.45, 7) is 0. The van der Waals surface area contributed by atoms with Crippen molar-refractivity contribution in [3.05, 3.63) is 46.6 Å². The highest BCUT2D eigenvalue weighted by molar-refractivity contribution is 6.08. The fourth-order valence-electron chi connectivity index (χ4n) is 1.96. The largest absolute Gasteiger partial charge is 0.382 e. The summed E-state index contributed by atoms with van der Waals surface area (Å²) in [5.74, 6) is 0.276. The molecule has 3 aromatic rings. The van der Waals surface area contributed by atoms with Crippen molar-refractivity contribution in [2.24, 2.45) is 0 Å². The molecule has 2 heterocycles. The molecular formula is C12H8N4O2. The van der Waals surface area contributed by atoms with E-state index in [0.717, 1.165) is 10.8 Å². The van der Waals surface area contributed by atoms with Crippen LogP contribution in [0.5, 0.6) is 0 Å². The van der Waals surface area contributed by atoms with Crippen molar-refractivity contribution < 1.29 is 4.92 Å². The lowest BCUT2D eigenvalue weighted by Crippen LogP contribution is -1.96. The van der Waals surface area contributed by atoms with Crippen LogP contribution in [0.2, 0.25) is 0 Å². The van der Waals surface area contributed by atoms with Crippen LogP contribution in [0.4, 0.5) is 11.5 Å². The molecule has 0 spiro atoms. The highest BCUT2D eigenvalue weighted by Gasteiger charge is 2.11. The second-order valence-corrected chi connectivity index (χ2v) is 3.86. The van der Waals surface area contributed by atoms with Crippen molar-refractivity contribution >= 4 is 33.3 Å². The number of aromatic nitrogens is 2. The monoisotopic (exact) mass is 240 g/mol. The van der Waals surface area contributed by atoms with Gasteiger partial charge in [-0.1, -0.05) is 6.07 Å². The van der Waals surface area contributed by atoms with Crippen LogP contribution in [0.15, 0.2) is 36.5 Å². The number of non-ortho nitro benzene ring substituents is 1. The van der Waals surface area contributed by atoms with E-state index < -0.39 is 4.92 Å². The van der Waals surface area contributed by atoms with E-state index in [4.69, 9.17) is 5.73 Å². The number of anilines is 1. The molecule has 0 unspecified atom stereocenters. The quantitative estimate of drug-likeness (QED) is 0.400. The zero-order valence-electron chi connectivity index (χ0n) is 9.20. The molecule has 6 heteroatoms. The molecule has 1 aromatic carbocycles. The molecule has 0 aliphatic heterocycles. The van der Waals surface area contributed by atoms with Crippen molar-refractivity contribution in [2.75, 3.05) is 5.73 Å². The SMILES string of the molecule is Nc1nc2cc([N+](=O)[O-])ccc2c2cccnc12. The van der Waals surface area contributed by atoms with Crippen molar-refractivity contribution in [2.45, 2.75) is 0 Å². The first-order chi connectivity index (χ1) is 8.66. The van der Waals surface area contributed by atoms with Crippen LogP contribution < -0.4 is 5.73 Å². The number of nitro groups is 1. The first-order valence-corrected chi connectivity index (χ1v) is 5.25. The molecule has 88 valence electrons. The zero-order valence-corrected chi connectivity index (χ0v) is 9.20. The van der Waals surface area contributed by atoms with Crippen LogP contribution in [0.3, 0.4) is 0 Å². The lowest BCUT2D eigenvalue weighted by Gasteiger charge is -2.04. The maximum absolute atomic E-state index is 10.7. The topological polar surface area (TPSA) is 94.9 Å². The van der Waals surface area contributed by atoms with Crippen LogP contribution in [-0.4, -0.2) is 14.9 Å². The average molecular weight is 240 g/mol. The number of benzene rings is 1. The molecule has 0 fully saturated rings. The first-order valence-electron chi connectivity index (χ1n) is 5.25. The van der Waals surface area contributed by atoms with E-state index >= 15 is 0 Å². The first kappa shape index (κ1) is 10.4. The van der Waals surface area contributed by atoms with E-state index in [1.807, 2.05) is 6.07 Å². The Labute approximate surface area is 101 Å². The molecule has 3 rings (SSSR count). The Morgan fingerprint density at radius 2 is 2.06 bits per heavy atom. The minimum Gasteiger partial charge on any atom is -0.382 e. The average Bonchev–Trinajstić information content (AvgIpc) is 2.38. The molecular weight excluding hydrogens is 232 g/mol. The molecule has 0 saturated carbocycles. The Balaban J connectivity index is 2.46. The summed E-state index contributed by atoms with van der Waals surface area (Å²) in [4.78, 5) is 18.6. The number of hydrogen-bond donors (Lipinski definition) is 1. The van der Waals surface area contributed by atoms with Gasteiger partial charge in [-0.2, -0.15) is 0 Å². The molecule has 0 amide bonds. The van der Waals surface area contributed by atoms with Gasteiger partial charge in [0, 0.05) is 29.1 Å². The minimum atomic E-state index is -0.454. The van der Waals surface area contributed by atoms with Crippen LogP contribution in [0.1, 0.15) is 0 Å². The Hall–Kier alpha value is -2.76. The number of nitro benzene ring substituents is 1. The summed E-state index contributed by atoms with van der Waals surface area (Å²) in [7, 11) is 0. The van der Waals surface area contributed by atoms with Crippen molar-refractivity contribution in [3.63, 3.8) is 0 Å². The molecule has 0 saturated heterocycles. The van der Waals surface area contributed by atoms with Crippen molar-refractivity contribution in [1.82, 2.24) is 9.97 Å². The number of hydrogen-bond acceptors (Lipinski definition) is 5. The maximum Gasteiger partial charge on any atom is 0.271 e. The summed E-state index contributed by atoms with van der Waals surface area (Å²) in [5.41, 5.74) is 6.91. The van der Waals surface area contributed by atoms with Crippen LogP contribution >= 0.6 is 0 Å². The lowest BCUT2D eigenvalue weighted by molar-refractivity contribution is -0.384. The van der Waals surface area contributed by atoms with Crippen molar-refractivity contribution in [3.8, 4) is 0 Å². The molecule has 6 nitrogen and oxygen atoms in total. The fraction of sp³-hybridized carbons (Fsp3) is 0. The Bertz CT molecular complexity index is 785. The van der Waals surface area contributed by atoms with E-state index in [0.29, 0.717) is 11.0 Å². The second-order valence-electron chi connectivity index (χ2n) is 3.86. The number of nitrogens with zero attached hydrogens (tertiary/aromatic N) is 3. The van der Waals surface area contributed by atoms with Gasteiger partial charge in [-0.3, -0.25) is 15.1 Å². The number of nitrogen functional groups attached to an aromatic ring is 1. The Kier molecular flexibility index (Phi) is 2.09. The van der Waals surface area contributed by atoms with Gasteiger partial charge in [-0.25, -0.2) is 4.98 Å². The number of pyridine rings is 2. The molecule has 0 radical (unpaired) electrons. The predicted molar refractivity (Wildman–Crippen MR) is 68.1 cm³/mol.